The van der Waals surface area contributed by atoms with Gasteiger partial charge in [-0.05, 0) is 49.7 Å². The van der Waals surface area contributed by atoms with Gasteiger partial charge in [-0.3, -0.25) is 19.4 Å². The summed E-state index contributed by atoms with van der Waals surface area (Å²) >= 11 is 6.15. The zero-order valence-electron chi connectivity index (χ0n) is 20.8. The van der Waals surface area contributed by atoms with E-state index >= 15 is 8.78 Å². The number of nitrogens with one attached hydrogen (secondary N) is 1. The molecule has 3 heterocycles. The number of nitrogens with zero attached hydrogens (tertiary/aromatic N) is 4. The van der Waals surface area contributed by atoms with Crippen LogP contribution in [0.25, 0.3) is 0 Å². The SMILES string of the molecule is CN(C(=O)C(F)(F)c1cccnc1)[C@@H](CC(C)(C)F)C(=O)N1C[C@]2(C[C@H]1C#N)C(=O)Nc1ccc(Cl)cc12. The molecule has 1 aromatic carbocycles. The summed E-state index contributed by atoms with van der Waals surface area (Å²) in [6.45, 7) is 2.04. The summed E-state index contributed by atoms with van der Waals surface area (Å²) in [5.41, 5.74) is -3.05. The minimum absolute atomic E-state index is 0.0797. The molecule has 0 radical (unpaired) electrons. The van der Waals surface area contributed by atoms with Crippen LogP contribution in [0.15, 0.2) is 42.7 Å². The Balaban J connectivity index is 1.70. The number of nitriles is 1. The van der Waals surface area contributed by atoms with Crippen molar-refractivity contribution >= 4 is 35.0 Å². The molecule has 2 aromatic rings. The Labute approximate surface area is 222 Å². The summed E-state index contributed by atoms with van der Waals surface area (Å²) in [5, 5.41) is 13.0. The fraction of sp³-hybridized carbons (Fsp3) is 0.423. The van der Waals surface area contributed by atoms with Crippen LogP contribution in [-0.2, 0) is 25.7 Å². The third kappa shape index (κ3) is 4.69. The monoisotopic (exact) mass is 547 g/mol. The van der Waals surface area contributed by atoms with Gasteiger partial charge in [-0.25, -0.2) is 4.39 Å². The van der Waals surface area contributed by atoms with Crippen LogP contribution in [0, 0.1) is 11.3 Å². The number of carbonyl (C=O) groups excluding carboxylic acids is 3. The first kappa shape index (κ1) is 27.4. The van der Waals surface area contributed by atoms with E-state index in [9.17, 15) is 24.0 Å². The summed E-state index contributed by atoms with van der Waals surface area (Å²) in [5.74, 6) is -7.14. The van der Waals surface area contributed by atoms with Crippen LogP contribution in [0.4, 0.5) is 18.9 Å². The van der Waals surface area contributed by atoms with Gasteiger partial charge < -0.3 is 15.1 Å². The number of hydrogen-bond acceptors (Lipinski definition) is 5. The van der Waals surface area contributed by atoms with Gasteiger partial charge in [0.05, 0.1) is 11.5 Å². The highest BCUT2D eigenvalue weighted by molar-refractivity contribution is 6.31. The molecule has 0 saturated carbocycles. The first-order valence-electron chi connectivity index (χ1n) is 11.8. The maximum atomic E-state index is 15.1. The Hall–Kier alpha value is -3.65. The summed E-state index contributed by atoms with van der Waals surface area (Å²) in [7, 11) is 0.992. The van der Waals surface area contributed by atoms with Gasteiger partial charge in [0.25, 0.3) is 5.91 Å². The normalized spacial score (nSPS) is 21.6. The Morgan fingerprint density at radius 2 is 2.05 bits per heavy atom. The smallest absolute Gasteiger partial charge is 0.328 e. The van der Waals surface area contributed by atoms with Gasteiger partial charge in [0.2, 0.25) is 11.8 Å². The lowest BCUT2D eigenvalue weighted by molar-refractivity contribution is -0.164. The average molecular weight is 548 g/mol. The van der Waals surface area contributed by atoms with Crippen molar-refractivity contribution < 1.29 is 27.6 Å². The van der Waals surface area contributed by atoms with E-state index < -0.39 is 58.8 Å². The van der Waals surface area contributed by atoms with Crippen LogP contribution in [-0.4, -0.2) is 63.9 Å². The van der Waals surface area contributed by atoms with E-state index in [1.54, 1.807) is 18.2 Å². The second kappa shape index (κ2) is 9.58. The van der Waals surface area contributed by atoms with Gasteiger partial charge in [-0.2, -0.15) is 14.0 Å². The summed E-state index contributed by atoms with van der Waals surface area (Å²) in [6.07, 6.45) is 1.40. The zero-order valence-corrected chi connectivity index (χ0v) is 21.6. The van der Waals surface area contributed by atoms with Gasteiger partial charge >= 0.3 is 5.92 Å². The van der Waals surface area contributed by atoms with Gasteiger partial charge in [0.1, 0.15) is 17.8 Å². The maximum absolute atomic E-state index is 15.1. The number of hydrogen-bond donors (Lipinski definition) is 1. The van der Waals surface area contributed by atoms with Crippen LogP contribution >= 0.6 is 11.6 Å². The molecule has 38 heavy (non-hydrogen) atoms. The molecule has 4 rings (SSSR count). The number of likely N-dealkylation sites (tertiary alicyclic amines) is 1. The van der Waals surface area contributed by atoms with E-state index in [2.05, 4.69) is 10.3 Å². The molecule has 1 fully saturated rings. The van der Waals surface area contributed by atoms with Gasteiger partial charge in [0.15, 0.2) is 0 Å². The number of anilines is 1. The standard InChI is InChI=1S/C26H25ClF3N5O3/c1-24(2,28)11-20(34(3)23(38)26(29,30)15-5-4-8-32-13-15)21(36)35-14-25(10-17(35)12-31)18-9-16(27)6-7-19(18)33-22(25)37/h4-9,13,17,20H,10-11,14H2,1-3H3,(H,33,37)/t17-,20-,25-/m0/s1. The summed E-state index contributed by atoms with van der Waals surface area (Å²) in [4.78, 5) is 45.1. The molecule has 1 saturated heterocycles. The van der Waals surface area contributed by atoms with Crippen LogP contribution in [0.3, 0.4) is 0 Å². The maximum Gasteiger partial charge on any atom is 0.351 e. The molecule has 0 bridgehead atoms. The second-order valence-electron chi connectivity index (χ2n) is 10.2. The van der Waals surface area contributed by atoms with E-state index in [0.29, 0.717) is 21.2 Å². The van der Waals surface area contributed by atoms with Crippen LogP contribution in [0.2, 0.25) is 5.02 Å². The minimum atomic E-state index is -4.05. The zero-order chi connectivity index (χ0) is 28.0. The number of alkyl halides is 3. The van der Waals surface area contributed by atoms with Gasteiger partial charge in [-0.15, -0.1) is 0 Å². The van der Waals surface area contributed by atoms with E-state index in [1.807, 2.05) is 6.07 Å². The number of halogens is 4. The Morgan fingerprint density at radius 3 is 2.66 bits per heavy atom. The number of amides is 3. The number of fused-ring (bicyclic) bond motifs is 2. The molecule has 12 heteroatoms. The van der Waals surface area contributed by atoms with Crippen molar-refractivity contribution in [2.75, 3.05) is 18.9 Å². The Morgan fingerprint density at radius 1 is 1.34 bits per heavy atom. The molecule has 2 aliphatic rings. The number of likely N-dealkylation sites (N-methyl/N-ethyl adjacent to an activating group) is 1. The highest BCUT2D eigenvalue weighted by atomic mass is 35.5. The van der Waals surface area contributed by atoms with Crippen molar-refractivity contribution in [2.24, 2.45) is 0 Å². The Bertz CT molecular complexity index is 1330. The van der Waals surface area contributed by atoms with Crippen molar-refractivity contribution in [1.82, 2.24) is 14.8 Å². The lowest BCUT2D eigenvalue weighted by Crippen LogP contribution is -2.55. The molecule has 0 unspecified atom stereocenters. The average Bonchev–Trinajstić information content (AvgIpc) is 3.39. The number of carbonyl (C=O) groups is 3. The van der Waals surface area contributed by atoms with Gasteiger partial charge in [-0.1, -0.05) is 11.6 Å². The van der Waals surface area contributed by atoms with Crippen molar-refractivity contribution in [1.29, 1.82) is 5.26 Å². The number of rotatable bonds is 6. The van der Waals surface area contributed by atoms with Crippen molar-refractivity contribution in [3.05, 3.63) is 58.9 Å². The highest BCUT2D eigenvalue weighted by Gasteiger charge is 2.57. The molecule has 1 N–H and O–H groups in total. The van der Waals surface area contributed by atoms with Crippen LogP contribution in [0.1, 0.15) is 37.8 Å². The number of benzene rings is 1. The summed E-state index contributed by atoms with van der Waals surface area (Å²) in [6, 6.07) is 6.20. The quantitative estimate of drug-likeness (QED) is 0.592. The largest absolute Gasteiger partial charge is 0.351 e. The van der Waals surface area contributed by atoms with E-state index in [-0.39, 0.29) is 13.0 Å². The molecule has 2 aliphatic heterocycles. The highest BCUT2D eigenvalue weighted by Crippen LogP contribution is 2.47. The van der Waals surface area contributed by atoms with E-state index in [0.717, 1.165) is 38.1 Å². The molecule has 1 spiro atoms. The molecule has 3 amide bonds. The molecular weight excluding hydrogens is 523 g/mol. The molecule has 3 atom stereocenters. The van der Waals surface area contributed by atoms with Crippen LogP contribution < -0.4 is 5.32 Å². The lowest BCUT2D eigenvalue weighted by atomic mass is 9.80. The van der Waals surface area contributed by atoms with E-state index in [4.69, 9.17) is 11.6 Å². The second-order valence-corrected chi connectivity index (χ2v) is 10.6. The predicted octanol–water partition coefficient (Wildman–Crippen LogP) is 3.81. The first-order chi connectivity index (χ1) is 17.7. The number of aromatic nitrogens is 1. The molecular formula is C26H25ClF3N5O3. The molecule has 0 aliphatic carbocycles. The first-order valence-corrected chi connectivity index (χ1v) is 12.1. The van der Waals surface area contributed by atoms with Gasteiger partial charge in [0, 0.05) is 55.1 Å². The third-order valence-electron chi connectivity index (χ3n) is 7.01. The third-order valence-corrected chi connectivity index (χ3v) is 7.25. The summed E-state index contributed by atoms with van der Waals surface area (Å²) < 4.78 is 45.1. The molecule has 8 nitrogen and oxygen atoms in total. The molecule has 1 aromatic heterocycles. The number of pyridine rings is 1. The van der Waals surface area contributed by atoms with Crippen molar-refractivity contribution in [3.8, 4) is 6.07 Å². The van der Waals surface area contributed by atoms with Crippen molar-refractivity contribution in [2.45, 2.75) is 55.8 Å². The fourth-order valence-electron chi connectivity index (χ4n) is 5.07. The van der Waals surface area contributed by atoms with E-state index in [1.165, 1.54) is 12.3 Å². The van der Waals surface area contributed by atoms with Crippen LogP contribution in [0.5, 0.6) is 0 Å². The minimum Gasteiger partial charge on any atom is -0.328 e. The van der Waals surface area contributed by atoms with Crippen molar-refractivity contribution in [3.63, 3.8) is 0 Å². The topological polar surface area (TPSA) is 106 Å². The Kier molecular flexibility index (Phi) is 6.91. The lowest BCUT2D eigenvalue weighted by Gasteiger charge is -2.35. The fourth-order valence-corrected chi connectivity index (χ4v) is 5.25. The molecule has 200 valence electrons. The predicted molar refractivity (Wildman–Crippen MR) is 132 cm³/mol.